The third-order valence-corrected chi connectivity index (χ3v) is 3.56. The van der Waals surface area contributed by atoms with Crippen LogP contribution in [0.3, 0.4) is 0 Å². The zero-order chi connectivity index (χ0) is 13.5. The minimum absolute atomic E-state index is 0.0767. The summed E-state index contributed by atoms with van der Waals surface area (Å²) in [6.45, 7) is 3.80. The highest BCUT2D eigenvalue weighted by Gasteiger charge is 2.42. The summed E-state index contributed by atoms with van der Waals surface area (Å²) in [4.78, 5) is 24.3. The van der Waals surface area contributed by atoms with E-state index in [0.717, 1.165) is 16.8 Å². The molecule has 1 heterocycles. The lowest BCUT2D eigenvalue weighted by molar-refractivity contribution is -0.137. The van der Waals surface area contributed by atoms with Gasteiger partial charge in [0.05, 0.1) is 5.41 Å². The van der Waals surface area contributed by atoms with E-state index in [4.69, 9.17) is 5.11 Å². The minimum Gasteiger partial charge on any atom is -0.481 e. The molecule has 1 amide bonds. The number of carboxylic acid groups (broad SMARTS) is 1. The molecule has 1 aromatic rings. The highest BCUT2D eigenvalue weighted by Crippen LogP contribution is 2.41. The molecule has 0 fully saturated rings. The van der Waals surface area contributed by atoms with E-state index in [2.05, 4.69) is 0 Å². The van der Waals surface area contributed by atoms with E-state index in [-0.39, 0.29) is 12.3 Å². The summed E-state index contributed by atoms with van der Waals surface area (Å²) in [5.41, 5.74) is 2.35. The van der Waals surface area contributed by atoms with Crippen molar-refractivity contribution in [2.45, 2.75) is 32.1 Å². The van der Waals surface area contributed by atoms with E-state index in [1.165, 1.54) is 0 Å². The first-order valence-corrected chi connectivity index (χ1v) is 5.97. The van der Waals surface area contributed by atoms with Crippen LogP contribution in [-0.4, -0.2) is 24.0 Å². The number of aliphatic carboxylic acids is 1. The molecule has 2 rings (SSSR count). The Balaban J connectivity index is 2.36. The first-order valence-electron chi connectivity index (χ1n) is 5.97. The number of nitrogens with zero attached hydrogens (tertiary/aromatic N) is 1. The van der Waals surface area contributed by atoms with Crippen LogP contribution < -0.4 is 4.90 Å². The van der Waals surface area contributed by atoms with Gasteiger partial charge >= 0.3 is 5.97 Å². The second kappa shape index (κ2) is 4.12. The standard InChI is InChI=1S/C14H17NO3/c1-14(2)10-8-9(5-7-12(16)17)4-6-11(10)15(3)13(14)18/h4,6,8H,5,7H2,1-3H3,(H,16,17). The molecule has 0 spiro atoms. The summed E-state index contributed by atoms with van der Waals surface area (Å²) in [7, 11) is 1.77. The van der Waals surface area contributed by atoms with Crippen molar-refractivity contribution in [3.63, 3.8) is 0 Å². The van der Waals surface area contributed by atoms with Gasteiger partial charge in [-0.1, -0.05) is 12.1 Å². The van der Waals surface area contributed by atoms with Gasteiger partial charge in [0.1, 0.15) is 0 Å². The first kappa shape index (κ1) is 12.6. The normalized spacial score (nSPS) is 16.8. The van der Waals surface area contributed by atoms with Crippen LogP contribution in [0.4, 0.5) is 5.69 Å². The maximum Gasteiger partial charge on any atom is 0.303 e. The fourth-order valence-corrected chi connectivity index (χ4v) is 2.43. The molecule has 0 saturated heterocycles. The Bertz CT molecular complexity index is 520. The van der Waals surface area contributed by atoms with Gasteiger partial charge in [0, 0.05) is 19.2 Å². The molecule has 1 aromatic carbocycles. The van der Waals surface area contributed by atoms with E-state index in [9.17, 15) is 9.59 Å². The van der Waals surface area contributed by atoms with Crippen molar-refractivity contribution in [3.8, 4) is 0 Å². The van der Waals surface area contributed by atoms with E-state index >= 15 is 0 Å². The summed E-state index contributed by atoms with van der Waals surface area (Å²) in [6, 6.07) is 5.76. The molecular formula is C14H17NO3. The van der Waals surface area contributed by atoms with E-state index in [1.54, 1.807) is 11.9 Å². The summed E-state index contributed by atoms with van der Waals surface area (Å²) >= 11 is 0. The van der Waals surface area contributed by atoms with Gasteiger partial charge in [0.15, 0.2) is 0 Å². The van der Waals surface area contributed by atoms with Crippen LogP contribution in [0.25, 0.3) is 0 Å². The lowest BCUT2D eigenvalue weighted by Gasteiger charge is -2.16. The second-order valence-corrected chi connectivity index (χ2v) is 5.23. The fraction of sp³-hybridized carbons (Fsp3) is 0.429. The molecule has 0 saturated carbocycles. The number of fused-ring (bicyclic) bond motifs is 1. The summed E-state index contributed by atoms with van der Waals surface area (Å²) in [5.74, 6) is -0.726. The molecule has 1 N–H and O–H groups in total. The Hall–Kier alpha value is -1.84. The van der Waals surface area contributed by atoms with Crippen molar-refractivity contribution < 1.29 is 14.7 Å². The predicted octanol–water partition coefficient (Wildman–Crippen LogP) is 1.96. The lowest BCUT2D eigenvalue weighted by atomic mass is 9.85. The van der Waals surface area contributed by atoms with Crippen LogP contribution in [0, 0.1) is 0 Å². The molecule has 1 aliphatic rings. The highest BCUT2D eigenvalue weighted by molar-refractivity contribution is 6.07. The molecule has 4 heteroatoms. The van der Waals surface area contributed by atoms with E-state index in [0.29, 0.717) is 6.42 Å². The average Bonchev–Trinajstić information content (AvgIpc) is 2.49. The van der Waals surface area contributed by atoms with Crippen LogP contribution in [0.1, 0.15) is 31.4 Å². The van der Waals surface area contributed by atoms with Crippen LogP contribution in [-0.2, 0) is 21.4 Å². The van der Waals surface area contributed by atoms with Crippen molar-refractivity contribution in [2.75, 3.05) is 11.9 Å². The number of carbonyl (C=O) groups excluding carboxylic acids is 1. The average molecular weight is 247 g/mol. The maximum absolute atomic E-state index is 12.1. The Kier molecular flexibility index (Phi) is 2.89. The van der Waals surface area contributed by atoms with Gasteiger partial charge in [-0.3, -0.25) is 9.59 Å². The quantitative estimate of drug-likeness (QED) is 0.888. The zero-order valence-corrected chi connectivity index (χ0v) is 10.9. The number of carbonyl (C=O) groups is 2. The Morgan fingerprint density at radius 2 is 2.06 bits per heavy atom. The molecule has 0 aliphatic carbocycles. The molecule has 0 bridgehead atoms. The largest absolute Gasteiger partial charge is 0.481 e. The summed E-state index contributed by atoms with van der Waals surface area (Å²) < 4.78 is 0. The van der Waals surface area contributed by atoms with Crippen molar-refractivity contribution in [3.05, 3.63) is 29.3 Å². The van der Waals surface area contributed by atoms with Gasteiger partial charge in [0.2, 0.25) is 5.91 Å². The summed E-state index contributed by atoms with van der Waals surface area (Å²) in [5, 5.41) is 8.69. The van der Waals surface area contributed by atoms with Gasteiger partial charge < -0.3 is 10.0 Å². The minimum atomic E-state index is -0.803. The van der Waals surface area contributed by atoms with Crippen molar-refractivity contribution in [1.29, 1.82) is 0 Å². The zero-order valence-electron chi connectivity index (χ0n) is 10.9. The predicted molar refractivity (Wildman–Crippen MR) is 68.8 cm³/mol. The molecule has 0 aromatic heterocycles. The van der Waals surface area contributed by atoms with Crippen LogP contribution in [0.2, 0.25) is 0 Å². The monoisotopic (exact) mass is 247 g/mol. The van der Waals surface area contributed by atoms with Crippen molar-refractivity contribution >= 4 is 17.6 Å². The van der Waals surface area contributed by atoms with Crippen molar-refractivity contribution in [1.82, 2.24) is 0 Å². The molecule has 18 heavy (non-hydrogen) atoms. The number of rotatable bonds is 3. The number of aryl methyl sites for hydroxylation is 1. The highest BCUT2D eigenvalue weighted by atomic mass is 16.4. The number of hydrogen-bond acceptors (Lipinski definition) is 2. The third-order valence-electron chi connectivity index (χ3n) is 3.56. The third kappa shape index (κ3) is 1.88. The van der Waals surface area contributed by atoms with E-state index in [1.807, 2.05) is 32.0 Å². The smallest absolute Gasteiger partial charge is 0.303 e. The topological polar surface area (TPSA) is 57.6 Å². The molecular weight excluding hydrogens is 230 g/mol. The van der Waals surface area contributed by atoms with Gasteiger partial charge in [-0.2, -0.15) is 0 Å². The van der Waals surface area contributed by atoms with Gasteiger partial charge in [0.25, 0.3) is 0 Å². The molecule has 1 aliphatic heterocycles. The van der Waals surface area contributed by atoms with Crippen LogP contribution in [0.5, 0.6) is 0 Å². The number of carboxylic acids is 1. The number of likely N-dealkylation sites (N-methyl/N-ethyl adjacent to an activating group) is 1. The molecule has 0 unspecified atom stereocenters. The number of anilines is 1. The fourth-order valence-electron chi connectivity index (χ4n) is 2.43. The molecule has 0 atom stereocenters. The van der Waals surface area contributed by atoms with Gasteiger partial charge in [-0.25, -0.2) is 0 Å². The Morgan fingerprint density at radius 3 is 2.67 bits per heavy atom. The maximum atomic E-state index is 12.1. The van der Waals surface area contributed by atoms with Crippen LogP contribution >= 0.6 is 0 Å². The first-order chi connectivity index (χ1) is 8.34. The van der Waals surface area contributed by atoms with Gasteiger partial charge in [-0.05, 0) is 37.5 Å². The van der Waals surface area contributed by atoms with E-state index < -0.39 is 11.4 Å². The Morgan fingerprint density at radius 1 is 1.39 bits per heavy atom. The number of amides is 1. The SMILES string of the molecule is CN1C(=O)C(C)(C)c2cc(CCC(=O)O)ccc21. The molecule has 0 radical (unpaired) electrons. The number of hydrogen-bond donors (Lipinski definition) is 1. The number of benzene rings is 1. The Labute approximate surface area is 106 Å². The van der Waals surface area contributed by atoms with Crippen molar-refractivity contribution in [2.24, 2.45) is 0 Å². The lowest BCUT2D eigenvalue weighted by Crippen LogP contribution is -2.33. The summed E-state index contributed by atoms with van der Waals surface area (Å²) in [6.07, 6.45) is 0.611. The van der Waals surface area contributed by atoms with Crippen LogP contribution in [0.15, 0.2) is 18.2 Å². The van der Waals surface area contributed by atoms with Gasteiger partial charge in [-0.15, -0.1) is 0 Å². The second-order valence-electron chi connectivity index (χ2n) is 5.23. The molecule has 4 nitrogen and oxygen atoms in total. The molecule has 96 valence electrons.